The van der Waals surface area contributed by atoms with E-state index in [1.807, 2.05) is 26.0 Å². The van der Waals surface area contributed by atoms with Crippen LogP contribution in [0.15, 0.2) is 24.3 Å². The van der Waals surface area contributed by atoms with E-state index in [1.54, 1.807) is 12.1 Å². The van der Waals surface area contributed by atoms with Crippen LogP contribution in [0.4, 0.5) is 5.69 Å². The Morgan fingerprint density at radius 1 is 1.33 bits per heavy atom. The zero-order valence-electron chi connectivity index (χ0n) is 11.1. The van der Waals surface area contributed by atoms with Gasteiger partial charge >= 0.3 is 0 Å². The molecule has 0 heterocycles. The highest BCUT2D eigenvalue weighted by Gasteiger charge is 2.02. The number of carbonyl (C=O) groups excluding carboxylic acids is 1. The molecule has 0 saturated heterocycles. The van der Waals surface area contributed by atoms with Crippen molar-refractivity contribution < 1.29 is 9.53 Å². The maximum Gasteiger partial charge on any atom is 0.224 e. The molecule has 18 heavy (non-hydrogen) atoms. The highest BCUT2D eigenvalue weighted by atomic mass is 16.5. The summed E-state index contributed by atoms with van der Waals surface area (Å²) < 4.78 is 5.39. The maximum absolute atomic E-state index is 11.6. The smallest absolute Gasteiger partial charge is 0.224 e. The molecular weight excluding hydrogens is 228 g/mol. The lowest BCUT2D eigenvalue weighted by Crippen LogP contribution is -2.27. The Hall–Kier alpha value is -1.55. The van der Waals surface area contributed by atoms with Gasteiger partial charge in [-0.25, -0.2) is 0 Å². The van der Waals surface area contributed by atoms with Crippen molar-refractivity contribution >= 4 is 11.6 Å². The molecule has 0 aliphatic carbocycles. The molecule has 1 amide bonds. The summed E-state index contributed by atoms with van der Waals surface area (Å²) in [5.74, 6) is 0.0318. The quantitative estimate of drug-likeness (QED) is 0.572. The molecule has 0 aliphatic heterocycles. The molecule has 4 heteroatoms. The molecule has 0 unspecified atom stereocenters. The zero-order valence-corrected chi connectivity index (χ0v) is 11.1. The standard InChI is InChI=1S/C14H22N2O2/c1-11(2)18-9-3-8-16-14(17)10-12-4-6-13(15)7-5-12/h4-7,11H,3,8-10,15H2,1-2H3,(H,16,17). The van der Waals surface area contributed by atoms with Crippen LogP contribution in [0, 0.1) is 0 Å². The van der Waals surface area contributed by atoms with Crippen LogP contribution < -0.4 is 11.1 Å². The molecule has 4 nitrogen and oxygen atoms in total. The van der Waals surface area contributed by atoms with Gasteiger partial charge < -0.3 is 15.8 Å². The molecule has 1 aromatic carbocycles. The zero-order chi connectivity index (χ0) is 13.4. The van der Waals surface area contributed by atoms with E-state index in [0.717, 1.165) is 12.0 Å². The fourth-order valence-electron chi connectivity index (χ4n) is 1.50. The summed E-state index contributed by atoms with van der Waals surface area (Å²) in [5.41, 5.74) is 7.27. The summed E-state index contributed by atoms with van der Waals surface area (Å²) in [7, 11) is 0. The van der Waals surface area contributed by atoms with Gasteiger partial charge in [-0.1, -0.05) is 12.1 Å². The van der Waals surface area contributed by atoms with Gasteiger partial charge in [0, 0.05) is 18.8 Å². The van der Waals surface area contributed by atoms with Crippen LogP contribution in [0.3, 0.4) is 0 Å². The molecule has 0 bridgehead atoms. The average Bonchev–Trinajstić information content (AvgIpc) is 2.31. The predicted molar refractivity (Wildman–Crippen MR) is 73.3 cm³/mol. The lowest BCUT2D eigenvalue weighted by atomic mass is 10.1. The van der Waals surface area contributed by atoms with E-state index >= 15 is 0 Å². The highest BCUT2D eigenvalue weighted by Crippen LogP contribution is 2.05. The third kappa shape index (κ3) is 6.25. The molecule has 0 radical (unpaired) electrons. The fourth-order valence-corrected chi connectivity index (χ4v) is 1.50. The van der Waals surface area contributed by atoms with Crippen LogP contribution in [0.1, 0.15) is 25.8 Å². The predicted octanol–water partition coefficient (Wildman–Crippen LogP) is 1.74. The Morgan fingerprint density at radius 2 is 2.00 bits per heavy atom. The summed E-state index contributed by atoms with van der Waals surface area (Å²) in [6.45, 7) is 5.33. The summed E-state index contributed by atoms with van der Waals surface area (Å²) >= 11 is 0. The number of amides is 1. The molecule has 100 valence electrons. The van der Waals surface area contributed by atoms with Gasteiger partial charge in [0.15, 0.2) is 0 Å². The minimum atomic E-state index is 0.0318. The van der Waals surface area contributed by atoms with E-state index in [-0.39, 0.29) is 12.0 Å². The van der Waals surface area contributed by atoms with Crippen LogP contribution in [-0.2, 0) is 16.0 Å². The van der Waals surface area contributed by atoms with E-state index in [4.69, 9.17) is 10.5 Å². The van der Waals surface area contributed by atoms with E-state index in [9.17, 15) is 4.79 Å². The minimum Gasteiger partial charge on any atom is -0.399 e. The van der Waals surface area contributed by atoms with E-state index < -0.39 is 0 Å². The maximum atomic E-state index is 11.6. The molecule has 0 saturated carbocycles. The largest absolute Gasteiger partial charge is 0.399 e. The first-order valence-electron chi connectivity index (χ1n) is 6.30. The topological polar surface area (TPSA) is 64.3 Å². The van der Waals surface area contributed by atoms with Gasteiger partial charge in [-0.05, 0) is 38.0 Å². The normalized spacial score (nSPS) is 10.6. The second-order valence-electron chi connectivity index (χ2n) is 4.54. The monoisotopic (exact) mass is 250 g/mol. The van der Waals surface area contributed by atoms with Gasteiger partial charge in [0.25, 0.3) is 0 Å². The molecule has 0 aromatic heterocycles. The number of hydrogen-bond donors (Lipinski definition) is 2. The Balaban J connectivity index is 2.16. The van der Waals surface area contributed by atoms with Gasteiger partial charge in [0.2, 0.25) is 5.91 Å². The number of nitrogen functional groups attached to an aromatic ring is 1. The fraction of sp³-hybridized carbons (Fsp3) is 0.500. The second-order valence-corrected chi connectivity index (χ2v) is 4.54. The summed E-state index contributed by atoms with van der Waals surface area (Å²) in [6, 6.07) is 7.35. The van der Waals surface area contributed by atoms with E-state index in [0.29, 0.717) is 25.3 Å². The van der Waals surface area contributed by atoms with Gasteiger partial charge in [-0.3, -0.25) is 4.79 Å². The molecule has 0 spiro atoms. The third-order valence-electron chi connectivity index (χ3n) is 2.44. The Kier molecular flexibility index (Phi) is 6.22. The van der Waals surface area contributed by atoms with Gasteiger partial charge in [0.1, 0.15) is 0 Å². The third-order valence-corrected chi connectivity index (χ3v) is 2.44. The number of nitrogens with two attached hydrogens (primary N) is 1. The van der Waals surface area contributed by atoms with Crippen molar-refractivity contribution in [3.05, 3.63) is 29.8 Å². The van der Waals surface area contributed by atoms with Gasteiger partial charge in [0.05, 0.1) is 12.5 Å². The first kappa shape index (κ1) is 14.5. The number of ether oxygens (including phenoxy) is 1. The Bertz CT molecular complexity index is 361. The summed E-state index contributed by atoms with van der Waals surface area (Å²) in [6.07, 6.45) is 1.48. The number of nitrogens with one attached hydrogen (secondary N) is 1. The lowest BCUT2D eigenvalue weighted by molar-refractivity contribution is -0.120. The highest BCUT2D eigenvalue weighted by molar-refractivity contribution is 5.78. The Labute approximate surface area is 109 Å². The lowest BCUT2D eigenvalue weighted by Gasteiger charge is -2.08. The van der Waals surface area contributed by atoms with Crippen molar-refractivity contribution in [2.45, 2.75) is 32.8 Å². The van der Waals surface area contributed by atoms with Gasteiger partial charge in [-0.2, -0.15) is 0 Å². The van der Waals surface area contributed by atoms with E-state index in [1.165, 1.54) is 0 Å². The summed E-state index contributed by atoms with van der Waals surface area (Å²) in [5, 5.41) is 2.87. The first-order chi connectivity index (χ1) is 8.58. The second kappa shape index (κ2) is 7.71. The Morgan fingerprint density at radius 3 is 2.61 bits per heavy atom. The number of hydrogen-bond acceptors (Lipinski definition) is 3. The van der Waals surface area contributed by atoms with Crippen molar-refractivity contribution in [2.24, 2.45) is 0 Å². The number of benzene rings is 1. The average molecular weight is 250 g/mol. The van der Waals surface area contributed by atoms with Crippen molar-refractivity contribution in [1.29, 1.82) is 0 Å². The van der Waals surface area contributed by atoms with Crippen LogP contribution in [0.25, 0.3) is 0 Å². The number of carbonyl (C=O) groups is 1. The molecular formula is C14H22N2O2. The van der Waals surface area contributed by atoms with Crippen molar-refractivity contribution in [2.75, 3.05) is 18.9 Å². The van der Waals surface area contributed by atoms with Crippen molar-refractivity contribution in [1.82, 2.24) is 5.32 Å². The van der Waals surface area contributed by atoms with Crippen LogP contribution >= 0.6 is 0 Å². The number of rotatable bonds is 7. The van der Waals surface area contributed by atoms with Crippen molar-refractivity contribution in [3.8, 4) is 0 Å². The molecule has 3 N–H and O–H groups in total. The van der Waals surface area contributed by atoms with E-state index in [2.05, 4.69) is 5.32 Å². The molecule has 1 rings (SSSR count). The molecule has 0 fully saturated rings. The molecule has 0 atom stereocenters. The summed E-state index contributed by atoms with van der Waals surface area (Å²) in [4.78, 5) is 11.6. The van der Waals surface area contributed by atoms with Crippen LogP contribution in [0.5, 0.6) is 0 Å². The minimum absolute atomic E-state index is 0.0318. The number of anilines is 1. The first-order valence-corrected chi connectivity index (χ1v) is 6.30. The molecule has 0 aliphatic rings. The molecule has 1 aromatic rings. The van der Waals surface area contributed by atoms with Crippen LogP contribution in [-0.4, -0.2) is 25.2 Å². The van der Waals surface area contributed by atoms with Gasteiger partial charge in [-0.15, -0.1) is 0 Å². The van der Waals surface area contributed by atoms with Crippen LogP contribution in [0.2, 0.25) is 0 Å². The van der Waals surface area contributed by atoms with Crippen molar-refractivity contribution in [3.63, 3.8) is 0 Å². The SMILES string of the molecule is CC(C)OCCCNC(=O)Cc1ccc(N)cc1.